The topological polar surface area (TPSA) is 36.1 Å². The van der Waals surface area contributed by atoms with Crippen LogP contribution in [-0.4, -0.2) is 22.2 Å². The van der Waals surface area contributed by atoms with Crippen molar-refractivity contribution in [3.8, 4) is 0 Å². The molecule has 0 amide bonds. The van der Waals surface area contributed by atoms with Crippen LogP contribution in [0.1, 0.15) is 40.5 Å². The Morgan fingerprint density at radius 1 is 1.18 bits per heavy atom. The molecule has 1 heterocycles. The van der Waals surface area contributed by atoms with Crippen molar-refractivity contribution in [3.05, 3.63) is 29.8 Å². The Balaban J connectivity index is 1.99. The Morgan fingerprint density at radius 3 is 2.32 bits per heavy atom. The predicted octanol–water partition coefficient (Wildman–Crippen LogP) is 3.56. The van der Waals surface area contributed by atoms with E-state index in [1.54, 1.807) is 0 Å². The number of anilines is 1. The SMILES string of the molecule is CC1(C)CC(NC(=S)Nc2ccc(F)cc2F)CC(C)(C)N1. The second kappa shape index (κ2) is 6.08. The number of halogens is 2. The largest absolute Gasteiger partial charge is 0.360 e. The van der Waals surface area contributed by atoms with Gasteiger partial charge in [-0.2, -0.15) is 0 Å². The van der Waals surface area contributed by atoms with Crippen molar-refractivity contribution in [1.82, 2.24) is 10.6 Å². The van der Waals surface area contributed by atoms with E-state index in [-0.39, 0.29) is 22.8 Å². The van der Waals surface area contributed by atoms with Crippen molar-refractivity contribution >= 4 is 23.0 Å². The second-order valence-corrected chi connectivity index (χ2v) is 7.63. The summed E-state index contributed by atoms with van der Waals surface area (Å²) < 4.78 is 26.5. The van der Waals surface area contributed by atoms with Crippen molar-refractivity contribution < 1.29 is 8.78 Å². The molecule has 3 N–H and O–H groups in total. The lowest BCUT2D eigenvalue weighted by Crippen LogP contribution is -2.62. The predicted molar refractivity (Wildman–Crippen MR) is 90.0 cm³/mol. The molecule has 1 aliphatic heterocycles. The Morgan fingerprint density at radius 2 is 1.77 bits per heavy atom. The van der Waals surface area contributed by atoms with Gasteiger partial charge in [0.05, 0.1) is 5.69 Å². The highest BCUT2D eigenvalue weighted by Crippen LogP contribution is 2.28. The van der Waals surface area contributed by atoms with E-state index >= 15 is 0 Å². The minimum Gasteiger partial charge on any atom is -0.360 e. The average Bonchev–Trinajstić information content (AvgIpc) is 2.28. The fourth-order valence-electron chi connectivity index (χ4n) is 3.36. The number of hydrogen-bond donors (Lipinski definition) is 3. The van der Waals surface area contributed by atoms with Crippen LogP contribution in [0.3, 0.4) is 0 Å². The van der Waals surface area contributed by atoms with E-state index in [2.05, 4.69) is 43.6 Å². The van der Waals surface area contributed by atoms with Crippen molar-refractivity contribution in [2.75, 3.05) is 5.32 Å². The molecule has 2 rings (SSSR count). The summed E-state index contributed by atoms with van der Waals surface area (Å²) in [5, 5.41) is 9.98. The van der Waals surface area contributed by atoms with Gasteiger partial charge < -0.3 is 16.0 Å². The van der Waals surface area contributed by atoms with Crippen molar-refractivity contribution in [2.45, 2.75) is 57.7 Å². The molecule has 22 heavy (non-hydrogen) atoms. The van der Waals surface area contributed by atoms with Crippen molar-refractivity contribution in [3.63, 3.8) is 0 Å². The number of hydrogen-bond acceptors (Lipinski definition) is 2. The number of rotatable bonds is 2. The zero-order chi connectivity index (χ0) is 16.5. The Kier molecular flexibility index (Phi) is 4.73. The summed E-state index contributed by atoms with van der Waals surface area (Å²) in [4.78, 5) is 0. The van der Waals surface area contributed by atoms with Gasteiger partial charge in [0, 0.05) is 23.2 Å². The first-order chi connectivity index (χ1) is 10.1. The molecule has 3 nitrogen and oxygen atoms in total. The number of piperidine rings is 1. The summed E-state index contributed by atoms with van der Waals surface area (Å²) in [6, 6.07) is 3.57. The molecule has 0 bridgehead atoms. The molecule has 0 unspecified atom stereocenters. The molecule has 1 saturated heterocycles. The quantitative estimate of drug-likeness (QED) is 0.726. The molecule has 6 heteroatoms. The van der Waals surface area contributed by atoms with Crippen LogP contribution in [0.15, 0.2) is 18.2 Å². The van der Waals surface area contributed by atoms with E-state index in [4.69, 9.17) is 12.2 Å². The monoisotopic (exact) mass is 327 g/mol. The lowest BCUT2D eigenvalue weighted by molar-refractivity contribution is 0.156. The van der Waals surface area contributed by atoms with Crippen LogP contribution in [0.25, 0.3) is 0 Å². The molecule has 1 fully saturated rings. The maximum absolute atomic E-state index is 13.6. The van der Waals surface area contributed by atoms with Crippen LogP contribution in [0, 0.1) is 11.6 Å². The van der Waals surface area contributed by atoms with Gasteiger partial charge in [-0.05, 0) is 64.9 Å². The number of benzene rings is 1. The maximum atomic E-state index is 13.6. The van der Waals surface area contributed by atoms with Gasteiger partial charge in [0.25, 0.3) is 0 Å². The third-order valence-electron chi connectivity index (χ3n) is 3.70. The Labute approximate surface area is 135 Å². The third-order valence-corrected chi connectivity index (χ3v) is 3.92. The van der Waals surface area contributed by atoms with Crippen molar-refractivity contribution in [2.24, 2.45) is 0 Å². The van der Waals surface area contributed by atoms with Crippen molar-refractivity contribution in [1.29, 1.82) is 0 Å². The van der Waals surface area contributed by atoms with Crippen LogP contribution in [0.4, 0.5) is 14.5 Å². The summed E-state index contributed by atoms with van der Waals surface area (Å²) in [6.07, 6.45) is 1.81. The second-order valence-electron chi connectivity index (χ2n) is 7.22. The minimum atomic E-state index is -0.657. The molecular weight excluding hydrogens is 304 g/mol. The van der Waals surface area contributed by atoms with Gasteiger partial charge in [0.1, 0.15) is 11.6 Å². The van der Waals surface area contributed by atoms with Crippen LogP contribution in [-0.2, 0) is 0 Å². The van der Waals surface area contributed by atoms with Crippen LogP contribution in [0.5, 0.6) is 0 Å². The Hall–Kier alpha value is -1.27. The number of nitrogens with one attached hydrogen (secondary N) is 3. The van der Waals surface area contributed by atoms with Gasteiger partial charge in [0.15, 0.2) is 5.11 Å². The van der Waals surface area contributed by atoms with E-state index in [0.29, 0.717) is 5.11 Å². The molecular formula is C16H23F2N3S. The molecule has 1 aromatic carbocycles. The molecule has 0 radical (unpaired) electrons. The fourth-order valence-corrected chi connectivity index (χ4v) is 3.64. The lowest BCUT2D eigenvalue weighted by Gasteiger charge is -2.46. The fraction of sp³-hybridized carbons (Fsp3) is 0.562. The maximum Gasteiger partial charge on any atom is 0.171 e. The van der Waals surface area contributed by atoms with E-state index in [1.165, 1.54) is 12.1 Å². The molecule has 0 aromatic heterocycles. The van der Waals surface area contributed by atoms with E-state index in [0.717, 1.165) is 18.9 Å². The third kappa shape index (κ3) is 4.61. The standard InChI is InChI=1S/C16H23F2N3S/c1-15(2)8-11(9-16(3,4)21-15)19-14(22)20-13-6-5-10(17)7-12(13)18/h5-7,11,21H,8-9H2,1-4H3,(H2,19,20,22). The average molecular weight is 327 g/mol. The van der Waals surface area contributed by atoms with Gasteiger partial charge in [-0.25, -0.2) is 8.78 Å². The number of thiocarbonyl (C=S) groups is 1. The molecule has 0 aliphatic carbocycles. The molecule has 1 aliphatic rings. The first-order valence-corrected chi connectivity index (χ1v) is 7.79. The van der Waals surface area contributed by atoms with E-state index in [9.17, 15) is 8.78 Å². The molecule has 0 saturated carbocycles. The normalized spacial score (nSPS) is 20.5. The highest BCUT2D eigenvalue weighted by molar-refractivity contribution is 7.80. The summed E-state index contributed by atoms with van der Waals surface area (Å²) in [5.74, 6) is -1.26. The Bertz CT molecular complexity index is 557. The molecule has 1 aromatic rings. The summed E-state index contributed by atoms with van der Waals surface area (Å²) in [5.41, 5.74) is 0.165. The van der Waals surface area contributed by atoms with E-state index in [1.807, 2.05) is 0 Å². The zero-order valence-corrected chi connectivity index (χ0v) is 14.2. The van der Waals surface area contributed by atoms with Gasteiger partial charge in [-0.3, -0.25) is 0 Å². The van der Waals surface area contributed by atoms with Crippen LogP contribution in [0.2, 0.25) is 0 Å². The highest BCUT2D eigenvalue weighted by atomic mass is 32.1. The summed E-state index contributed by atoms with van der Waals surface area (Å²) >= 11 is 5.26. The summed E-state index contributed by atoms with van der Waals surface area (Å²) in [6.45, 7) is 8.61. The first-order valence-electron chi connectivity index (χ1n) is 7.38. The molecule has 0 atom stereocenters. The lowest BCUT2D eigenvalue weighted by atomic mass is 9.80. The van der Waals surface area contributed by atoms with Crippen LogP contribution < -0.4 is 16.0 Å². The van der Waals surface area contributed by atoms with Crippen LogP contribution >= 0.6 is 12.2 Å². The van der Waals surface area contributed by atoms with Gasteiger partial charge >= 0.3 is 0 Å². The minimum absolute atomic E-state index is 0.00381. The zero-order valence-electron chi connectivity index (χ0n) is 13.4. The van der Waals surface area contributed by atoms with Gasteiger partial charge in [-0.15, -0.1) is 0 Å². The van der Waals surface area contributed by atoms with Gasteiger partial charge in [0.2, 0.25) is 0 Å². The van der Waals surface area contributed by atoms with Gasteiger partial charge in [-0.1, -0.05) is 0 Å². The molecule has 0 spiro atoms. The smallest absolute Gasteiger partial charge is 0.171 e. The first kappa shape index (κ1) is 17.1. The molecule has 122 valence electrons. The highest BCUT2D eigenvalue weighted by Gasteiger charge is 2.37. The van der Waals surface area contributed by atoms with E-state index < -0.39 is 11.6 Å². The summed E-state index contributed by atoms with van der Waals surface area (Å²) in [7, 11) is 0.